The fourth-order valence-corrected chi connectivity index (χ4v) is 5.79. The Morgan fingerprint density at radius 1 is 1.15 bits per heavy atom. The summed E-state index contributed by atoms with van der Waals surface area (Å²) in [7, 11) is 0.228. The number of anilines is 4. The number of nitrogens with one attached hydrogen (secondary N) is 2. The van der Waals surface area contributed by atoms with Crippen LogP contribution in [0.15, 0.2) is 35.7 Å². The molecule has 3 aromatic rings. The molecule has 2 aromatic heterocycles. The molecule has 0 spiro atoms. The third-order valence-corrected chi connectivity index (χ3v) is 9.27. The molecule has 1 aromatic carbocycles. The van der Waals surface area contributed by atoms with Gasteiger partial charge in [0.05, 0.1) is 15.8 Å². The lowest BCUT2D eigenvalue weighted by Crippen LogP contribution is -2.40. The summed E-state index contributed by atoms with van der Waals surface area (Å²) in [5, 5.41) is 9.84. The van der Waals surface area contributed by atoms with Gasteiger partial charge in [-0.05, 0) is 83.4 Å². The number of likely N-dealkylation sites (tertiary alicyclic amines) is 1. The summed E-state index contributed by atoms with van der Waals surface area (Å²) in [6, 6.07) is 9.73. The first kappa shape index (κ1) is 23.7. The second-order valence-electron chi connectivity index (χ2n) is 9.52. The zero-order chi connectivity index (χ0) is 23.8. The lowest BCUT2D eigenvalue weighted by molar-refractivity contribution is 0.263. The number of hydrogen-bond acceptors (Lipinski definition) is 8. The normalized spacial score (nSPS) is 16.2. The fraction of sp³-hybridized carbons (Fsp3) is 0.478. The molecule has 0 radical (unpaired) electrons. The van der Waals surface area contributed by atoms with Gasteiger partial charge in [0.25, 0.3) is 0 Å². The lowest BCUT2D eigenvalue weighted by Gasteiger charge is -2.29. The number of aromatic nitrogens is 2. The smallest absolute Gasteiger partial charge is 0.239 e. The summed E-state index contributed by atoms with van der Waals surface area (Å²) < 4.78 is 26.2. The Bertz CT molecular complexity index is 1230. The molecule has 0 atom stereocenters. The van der Waals surface area contributed by atoms with E-state index in [1.165, 1.54) is 4.31 Å². The summed E-state index contributed by atoms with van der Waals surface area (Å²) in [6.45, 7) is 7.22. The van der Waals surface area contributed by atoms with Crippen LogP contribution in [0.4, 0.5) is 23.1 Å². The number of hydrogen-bond donors (Lipinski definition) is 2. The molecule has 0 amide bonds. The molecule has 178 valence electrons. The van der Waals surface area contributed by atoms with Crippen molar-refractivity contribution in [3.63, 3.8) is 0 Å². The van der Waals surface area contributed by atoms with Crippen molar-refractivity contribution in [3.05, 3.63) is 35.7 Å². The predicted octanol–water partition coefficient (Wildman–Crippen LogP) is 4.51. The Labute approximate surface area is 200 Å². The van der Waals surface area contributed by atoms with Gasteiger partial charge >= 0.3 is 0 Å². The SMILES string of the molecule is CN1CCC(Nc2nc(Nc3cccc(N(C)S(=O)(=O)C(C)(C)C)c3)c3ccsc3n2)CC1. The van der Waals surface area contributed by atoms with Gasteiger partial charge < -0.3 is 15.5 Å². The van der Waals surface area contributed by atoms with Crippen LogP contribution in [0.1, 0.15) is 33.6 Å². The topological polar surface area (TPSA) is 90.5 Å². The van der Waals surface area contributed by atoms with Crippen molar-refractivity contribution in [1.29, 1.82) is 0 Å². The van der Waals surface area contributed by atoms with Gasteiger partial charge in [0.2, 0.25) is 16.0 Å². The van der Waals surface area contributed by atoms with E-state index < -0.39 is 14.8 Å². The van der Waals surface area contributed by atoms with E-state index in [0.29, 0.717) is 23.5 Å². The second-order valence-corrected chi connectivity index (χ2v) is 13.1. The van der Waals surface area contributed by atoms with Crippen molar-refractivity contribution in [3.8, 4) is 0 Å². The quantitative estimate of drug-likeness (QED) is 0.528. The minimum atomic E-state index is -3.50. The van der Waals surface area contributed by atoms with Gasteiger partial charge in [-0.25, -0.2) is 13.4 Å². The Morgan fingerprint density at radius 3 is 2.58 bits per heavy atom. The molecule has 0 aliphatic carbocycles. The van der Waals surface area contributed by atoms with Crippen LogP contribution in [0, 0.1) is 0 Å². The van der Waals surface area contributed by atoms with Crippen LogP contribution in [-0.2, 0) is 10.0 Å². The second kappa shape index (κ2) is 9.08. The van der Waals surface area contributed by atoms with E-state index in [2.05, 4.69) is 22.6 Å². The molecule has 1 fully saturated rings. The summed E-state index contributed by atoms with van der Waals surface area (Å²) >= 11 is 1.58. The highest BCUT2D eigenvalue weighted by Gasteiger charge is 2.33. The van der Waals surface area contributed by atoms with Gasteiger partial charge in [0.15, 0.2) is 0 Å². The van der Waals surface area contributed by atoms with E-state index in [4.69, 9.17) is 9.97 Å². The molecule has 8 nitrogen and oxygen atoms in total. The average Bonchev–Trinajstić information content (AvgIpc) is 3.23. The van der Waals surface area contributed by atoms with Crippen molar-refractivity contribution in [1.82, 2.24) is 14.9 Å². The standard InChI is InChI=1S/C23H32N6O2S2/c1-23(2,3)33(30,31)29(5)18-8-6-7-17(15-18)24-20-19-11-14-32-21(19)27-22(26-20)25-16-9-12-28(4)13-10-16/h6-8,11,14-16H,9-10,12-13H2,1-5H3,(H2,24,25,26,27). The van der Waals surface area contributed by atoms with Crippen LogP contribution in [0.3, 0.4) is 0 Å². The van der Waals surface area contributed by atoms with Crippen LogP contribution in [0.5, 0.6) is 0 Å². The first-order valence-electron chi connectivity index (χ1n) is 11.1. The zero-order valence-corrected chi connectivity index (χ0v) is 21.4. The van der Waals surface area contributed by atoms with E-state index in [-0.39, 0.29) is 0 Å². The number of benzene rings is 1. The van der Waals surface area contributed by atoms with Crippen LogP contribution in [-0.4, -0.2) is 61.3 Å². The lowest BCUT2D eigenvalue weighted by atomic mass is 10.1. The third-order valence-electron chi connectivity index (χ3n) is 5.98. The predicted molar refractivity (Wildman–Crippen MR) is 138 cm³/mol. The summed E-state index contributed by atoms with van der Waals surface area (Å²) in [5.74, 6) is 1.32. The Kier molecular flexibility index (Phi) is 6.52. The van der Waals surface area contributed by atoms with E-state index in [1.807, 2.05) is 29.6 Å². The van der Waals surface area contributed by atoms with E-state index in [9.17, 15) is 8.42 Å². The van der Waals surface area contributed by atoms with Gasteiger partial charge in [-0.1, -0.05) is 6.07 Å². The third kappa shape index (κ3) is 5.07. The summed E-state index contributed by atoms with van der Waals surface area (Å²) in [5.41, 5.74) is 1.36. The highest BCUT2D eigenvalue weighted by molar-refractivity contribution is 7.94. The largest absolute Gasteiger partial charge is 0.351 e. The molecule has 1 aliphatic heterocycles. The zero-order valence-electron chi connectivity index (χ0n) is 19.8. The summed E-state index contributed by atoms with van der Waals surface area (Å²) in [4.78, 5) is 12.7. The highest BCUT2D eigenvalue weighted by atomic mass is 32.2. The molecule has 33 heavy (non-hydrogen) atoms. The maximum absolute atomic E-state index is 12.9. The molecule has 1 saturated heterocycles. The fourth-order valence-electron chi connectivity index (χ4n) is 3.82. The molecule has 1 aliphatic rings. The number of thiophene rings is 1. The van der Waals surface area contributed by atoms with Crippen LogP contribution in [0.2, 0.25) is 0 Å². The maximum atomic E-state index is 12.9. The summed E-state index contributed by atoms with van der Waals surface area (Å²) in [6.07, 6.45) is 2.11. The monoisotopic (exact) mass is 488 g/mol. The Balaban J connectivity index is 1.60. The van der Waals surface area contributed by atoms with Crippen LogP contribution >= 0.6 is 11.3 Å². The maximum Gasteiger partial charge on any atom is 0.239 e. The van der Waals surface area contributed by atoms with Crippen molar-refractivity contribution in [2.45, 2.75) is 44.4 Å². The van der Waals surface area contributed by atoms with E-state index in [1.54, 1.807) is 45.2 Å². The number of rotatable bonds is 6. The molecule has 2 N–H and O–H groups in total. The molecule has 3 heterocycles. The van der Waals surface area contributed by atoms with E-state index in [0.717, 1.165) is 41.8 Å². The van der Waals surface area contributed by atoms with Gasteiger partial charge in [-0.2, -0.15) is 4.98 Å². The molecule has 10 heteroatoms. The Morgan fingerprint density at radius 2 is 1.88 bits per heavy atom. The molecule has 4 rings (SSSR count). The van der Waals surface area contributed by atoms with Gasteiger partial charge in [-0.15, -0.1) is 11.3 Å². The number of nitrogens with zero attached hydrogens (tertiary/aromatic N) is 4. The average molecular weight is 489 g/mol. The first-order valence-corrected chi connectivity index (χ1v) is 13.4. The molecule has 0 unspecified atom stereocenters. The number of sulfonamides is 1. The molecule has 0 bridgehead atoms. The number of piperidine rings is 1. The van der Waals surface area contributed by atoms with Crippen molar-refractivity contribution in [2.75, 3.05) is 42.1 Å². The van der Waals surface area contributed by atoms with E-state index >= 15 is 0 Å². The highest BCUT2D eigenvalue weighted by Crippen LogP contribution is 2.32. The molecule has 0 saturated carbocycles. The van der Waals surface area contributed by atoms with Gasteiger partial charge in [-0.3, -0.25) is 4.31 Å². The molecular formula is C23H32N6O2S2. The van der Waals surface area contributed by atoms with Crippen molar-refractivity contribution >= 4 is 54.7 Å². The first-order chi connectivity index (χ1) is 15.5. The molecular weight excluding hydrogens is 456 g/mol. The van der Waals surface area contributed by atoms with Crippen molar-refractivity contribution < 1.29 is 8.42 Å². The van der Waals surface area contributed by atoms with Crippen LogP contribution in [0.25, 0.3) is 10.2 Å². The van der Waals surface area contributed by atoms with Crippen LogP contribution < -0.4 is 14.9 Å². The minimum absolute atomic E-state index is 0.353. The Hall–Kier alpha value is -2.43. The van der Waals surface area contributed by atoms with Crippen molar-refractivity contribution in [2.24, 2.45) is 0 Å². The van der Waals surface area contributed by atoms with Gasteiger partial charge in [0.1, 0.15) is 10.6 Å². The number of fused-ring (bicyclic) bond motifs is 1. The minimum Gasteiger partial charge on any atom is -0.351 e. The van der Waals surface area contributed by atoms with Gasteiger partial charge in [0, 0.05) is 18.8 Å².